The maximum Gasteiger partial charge on any atom is 0.250 e. The number of para-hydroxylation sites is 1. The normalized spacial score (nSPS) is 10.2. The van der Waals surface area contributed by atoms with E-state index in [1.54, 1.807) is 7.11 Å². The highest BCUT2D eigenvalue weighted by atomic mass is 16.5. The number of carbonyl (C=O) groups excluding carboxylic acids is 1. The summed E-state index contributed by atoms with van der Waals surface area (Å²) >= 11 is 0. The molecular formula is C13H19NO3. The van der Waals surface area contributed by atoms with Crippen LogP contribution in [0.15, 0.2) is 24.3 Å². The molecule has 0 bridgehead atoms. The van der Waals surface area contributed by atoms with Crippen molar-refractivity contribution in [1.29, 1.82) is 0 Å². The smallest absolute Gasteiger partial charge is 0.250 e. The first-order valence-corrected chi connectivity index (χ1v) is 5.72. The first-order chi connectivity index (χ1) is 8.27. The van der Waals surface area contributed by atoms with Crippen LogP contribution < -0.4 is 5.32 Å². The molecule has 0 saturated heterocycles. The molecule has 1 aromatic rings. The second-order valence-corrected chi connectivity index (χ2v) is 3.60. The number of methoxy groups -OCH3 is 1. The van der Waals surface area contributed by atoms with Gasteiger partial charge in [0.2, 0.25) is 5.91 Å². The number of carbonyl (C=O) groups is 1. The summed E-state index contributed by atoms with van der Waals surface area (Å²) in [6.45, 7) is 3.04. The summed E-state index contributed by atoms with van der Waals surface area (Å²) in [4.78, 5) is 11.6. The monoisotopic (exact) mass is 237 g/mol. The lowest BCUT2D eigenvalue weighted by Gasteiger charge is -2.09. The predicted octanol–water partition coefficient (Wildman–Crippen LogP) is 1.85. The first kappa shape index (κ1) is 13.7. The second-order valence-electron chi connectivity index (χ2n) is 3.60. The van der Waals surface area contributed by atoms with E-state index in [1.807, 2.05) is 24.3 Å². The predicted molar refractivity (Wildman–Crippen MR) is 67.1 cm³/mol. The van der Waals surface area contributed by atoms with Crippen LogP contribution in [0.25, 0.3) is 0 Å². The van der Waals surface area contributed by atoms with Gasteiger partial charge < -0.3 is 14.8 Å². The van der Waals surface area contributed by atoms with Crippen molar-refractivity contribution in [3.05, 3.63) is 29.8 Å². The lowest BCUT2D eigenvalue weighted by atomic mass is 10.1. The largest absolute Gasteiger partial charge is 0.382 e. The van der Waals surface area contributed by atoms with Crippen molar-refractivity contribution in [1.82, 2.24) is 0 Å². The summed E-state index contributed by atoms with van der Waals surface area (Å²) in [5, 5.41) is 2.83. The maximum absolute atomic E-state index is 11.6. The Hall–Kier alpha value is -1.39. The fourth-order valence-electron chi connectivity index (χ4n) is 1.44. The van der Waals surface area contributed by atoms with Crippen molar-refractivity contribution in [3.63, 3.8) is 0 Å². The number of hydrogen-bond acceptors (Lipinski definition) is 3. The quantitative estimate of drug-likeness (QED) is 0.736. The van der Waals surface area contributed by atoms with Crippen LogP contribution in [0.5, 0.6) is 0 Å². The van der Waals surface area contributed by atoms with Gasteiger partial charge in [-0.2, -0.15) is 0 Å². The van der Waals surface area contributed by atoms with E-state index in [0.29, 0.717) is 13.2 Å². The van der Waals surface area contributed by atoms with Crippen LogP contribution in [0, 0.1) is 0 Å². The standard InChI is InChI=1S/C13H19NO3/c1-3-11-6-4-5-7-12(11)14-13(15)10-17-9-8-16-2/h4-7H,3,8-10H2,1-2H3,(H,14,15). The highest BCUT2D eigenvalue weighted by molar-refractivity contribution is 5.92. The summed E-state index contributed by atoms with van der Waals surface area (Å²) in [5.41, 5.74) is 1.98. The summed E-state index contributed by atoms with van der Waals surface area (Å²) in [6.07, 6.45) is 0.890. The average Bonchev–Trinajstić information content (AvgIpc) is 2.35. The fourth-order valence-corrected chi connectivity index (χ4v) is 1.44. The molecule has 0 radical (unpaired) electrons. The van der Waals surface area contributed by atoms with E-state index in [2.05, 4.69) is 12.2 Å². The van der Waals surface area contributed by atoms with Gasteiger partial charge >= 0.3 is 0 Å². The number of aryl methyl sites for hydroxylation is 1. The van der Waals surface area contributed by atoms with Crippen molar-refractivity contribution < 1.29 is 14.3 Å². The Morgan fingerprint density at radius 1 is 1.29 bits per heavy atom. The van der Waals surface area contributed by atoms with Gasteiger partial charge in [0.25, 0.3) is 0 Å². The molecule has 4 nitrogen and oxygen atoms in total. The van der Waals surface area contributed by atoms with Gasteiger partial charge in [-0.3, -0.25) is 4.79 Å². The van der Waals surface area contributed by atoms with E-state index in [0.717, 1.165) is 17.7 Å². The topological polar surface area (TPSA) is 47.6 Å². The molecule has 17 heavy (non-hydrogen) atoms. The zero-order valence-corrected chi connectivity index (χ0v) is 10.4. The summed E-state index contributed by atoms with van der Waals surface area (Å²) in [5.74, 6) is -0.137. The van der Waals surface area contributed by atoms with Gasteiger partial charge in [0, 0.05) is 12.8 Å². The molecule has 0 spiro atoms. The van der Waals surface area contributed by atoms with Gasteiger partial charge in [-0.25, -0.2) is 0 Å². The van der Waals surface area contributed by atoms with Crippen molar-refractivity contribution in [2.75, 3.05) is 32.2 Å². The Labute approximate surface area is 102 Å². The Morgan fingerprint density at radius 3 is 2.76 bits per heavy atom. The van der Waals surface area contributed by atoms with Crippen LogP contribution in [0.1, 0.15) is 12.5 Å². The summed E-state index contributed by atoms with van der Waals surface area (Å²) in [6, 6.07) is 7.76. The number of rotatable bonds is 7. The van der Waals surface area contributed by atoms with Crippen molar-refractivity contribution in [3.8, 4) is 0 Å². The fraction of sp³-hybridized carbons (Fsp3) is 0.462. The van der Waals surface area contributed by atoms with Gasteiger partial charge in [-0.15, -0.1) is 0 Å². The molecule has 1 rings (SSSR count). The van der Waals surface area contributed by atoms with E-state index < -0.39 is 0 Å². The zero-order chi connectivity index (χ0) is 12.5. The Morgan fingerprint density at radius 2 is 2.06 bits per heavy atom. The van der Waals surface area contributed by atoms with Crippen LogP contribution in [-0.2, 0) is 20.7 Å². The van der Waals surface area contributed by atoms with E-state index in [1.165, 1.54) is 0 Å². The number of nitrogens with one attached hydrogen (secondary N) is 1. The van der Waals surface area contributed by atoms with Gasteiger partial charge in [0.15, 0.2) is 0 Å². The minimum atomic E-state index is -0.137. The van der Waals surface area contributed by atoms with Gasteiger partial charge in [-0.1, -0.05) is 25.1 Å². The van der Waals surface area contributed by atoms with Gasteiger partial charge in [0.1, 0.15) is 6.61 Å². The lowest BCUT2D eigenvalue weighted by Crippen LogP contribution is -2.20. The number of amides is 1. The maximum atomic E-state index is 11.6. The molecule has 4 heteroatoms. The number of hydrogen-bond donors (Lipinski definition) is 1. The van der Waals surface area contributed by atoms with Crippen LogP contribution in [0.4, 0.5) is 5.69 Å². The Balaban J connectivity index is 2.39. The second kappa shape index (κ2) is 7.81. The number of ether oxygens (including phenoxy) is 2. The highest BCUT2D eigenvalue weighted by Crippen LogP contribution is 2.14. The molecule has 0 atom stereocenters. The van der Waals surface area contributed by atoms with E-state index in [-0.39, 0.29) is 12.5 Å². The zero-order valence-electron chi connectivity index (χ0n) is 10.4. The minimum Gasteiger partial charge on any atom is -0.382 e. The van der Waals surface area contributed by atoms with Crippen molar-refractivity contribution >= 4 is 11.6 Å². The van der Waals surface area contributed by atoms with Gasteiger partial charge in [-0.05, 0) is 18.1 Å². The summed E-state index contributed by atoms with van der Waals surface area (Å²) < 4.78 is 9.97. The van der Waals surface area contributed by atoms with Crippen LogP contribution in [0.2, 0.25) is 0 Å². The van der Waals surface area contributed by atoms with E-state index in [4.69, 9.17) is 9.47 Å². The molecule has 0 unspecified atom stereocenters. The minimum absolute atomic E-state index is 0.0570. The Bertz CT molecular complexity index is 352. The third-order valence-corrected chi connectivity index (χ3v) is 2.34. The lowest BCUT2D eigenvalue weighted by molar-refractivity contribution is -0.121. The molecule has 94 valence electrons. The third kappa shape index (κ3) is 4.97. The van der Waals surface area contributed by atoms with Crippen LogP contribution in [-0.4, -0.2) is 32.8 Å². The molecule has 0 aliphatic heterocycles. The average molecular weight is 237 g/mol. The molecule has 1 amide bonds. The molecule has 0 aliphatic rings. The molecule has 0 heterocycles. The van der Waals surface area contributed by atoms with Crippen LogP contribution >= 0.6 is 0 Å². The SMILES string of the molecule is CCc1ccccc1NC(=O)COCCOC. The molecule has 0 aromatic heterocycles. The molecule has 1 aromatic carbocycles. The Kier molecular flexibility index (Phi) is 6.29. The van der Waals surface area contributed by atoms with E-state index in [9.17, 15) is 4.79 Å². The molecule has 0 aliphatic carbocycles. The number of anilines is 1. The highest BCUT2D eigenvalue weighted by Gasteiger charge is 2.05. The molecular weight excluding hydrogens is 218 g/mol. The van der Waals surface area contributed by atoms with Gasteiger partial charge in [0.05, 0.1) is 13.2 Å². The van der Waals surface area contributed by atoms with Crippen molar-refractivity contribution in [2.45, 2.75) is 13.3 Å². The molecule has 0 fully saturated rings. The van der Waals surface area contributed by atoms with E-state index >= 15 is 0 Å². The molecule has 0 saturated carbocycles. The summed E-state index contributed by atoms with van der Waals surface area (Å²) in [7, 11) is 1.60. The molecule has 1 N–H and O–H groups in total. The number of benzene rings is 1. The van der Waals surface area contributed by atoms with Crippen molar-refractivity contribution in [2.24, 2.45) is 0 Å². The first-order valence-electron chi connectivity index (χ1n) is 5.72. The van der Waals surface area contributed by atoms with Crippen LogP contribution in [0.3, 0.4) is 0 Å². The third-order valence-electron chi connectivity index (χ3n) is 2.34.